The Labute approximate surface area is 155 Å². The Balaban J connectivity index is 1.92. The highest BCUT2D eigenvalue weighted by Gasteiger charge is 2.28. The summed E-state index contributed by atoms with van der Waals surface area (Å²) in [6.07, 6.45) is 2.52. The molecule has 3 heteroatoms. The Hall–Kier alpha value is -1.02. The van der Waals surface area contributed by atoms with Crippen LogP contribution in [0.2, 0.25) is 10.0 Å². The van der Waals surface area contributed by atoms with Crippen LogP contribution in [0.1, 0.15) is 43.9 Å². The van der Waals surface area contributed by atoms with E-state index in [1.807, 2.05) is 0 Å². The second-order valence-corrected chi connectivity index (χ2v) is 8.01. The average molecular weight is 362 g/mol. The van der Waals surface area contributed by atoms with Gasteiger partial charge in [-0.2, -0.15) is 0 Å². The molecule has 24 heavy (non-hydrogen) atoms. The lowest BCUT2D eigenvalue weighted by Crippen LogP contribution is -2.38. The summed E-state index contributed by atoms with van der Waals surface area (Å²) in [5.74, 6) is 1.60. The molecule has 0 saturated carbocycles. The number of rotatable bonds is 4. The summed E-state index contributed by atoms with van der Waals surface area (Å²) in [6.45, 7) is 6.91. The Kier molecular flexibility index (Phi) is 5.86. The standard InChI is InChI=1S/C21H25Cl2N/c1-15(2)16-8-10-24(11-9-16)21(17-6-4-3-5-7-17)18-12-19(22)14-20(23)13-18/h3-7,12-16,21H,8-11H2,1-2H3/t21-/m0/s1. The Morgan fingerprint density at radius 1 is 0.875 bits per heavy atom. The van der Waals surface area contributed by atoms with Crippen molar-refractivity contribution < 1.29 is 0 Å². The second kappa shape index (κ2) is 7.91. The van der Waals surface area contributed by atoms with Crippen molar-refractivity contribution in [2.75, 3.05) is 13.1 Å². The molecule has 1 atom stereocenters. The van der Waals surface area contributed by atoms with Gasteiger partial charge >= 0.3 is 0 Å². The van der Waals surface area contributed by atoms with E-state index in [1.54, 1.807) is 6.07 Å². The SMILES string of the molecule is CC(C)C1CCN([C@@H](c2ccccc2)c2cc(Cl)cc(Cl)c2)CC1. The van der Waals surface area contributed by atoms with Crippen molar-refractivity contribution in [1.82, 2.24) is 4.90 Å². The van der Waals surface area contributed by atoms with E-state index in [0.29, 0.717) is 10.0 Å². The first kappa shape index (κ1) is 17.8. The molecule has 0 radical (unpaired) electrons. The quantitative estimate of drug-likeness (QED) is 0.604. The van der Waals surface area contributed by atoms with Crippen LogP contribution in [0.5, 0.6) is 0 Å². The van der Waals surface area contributed by atoms with Crippen LogP contribution in [0, 0.1) is 11.8 Å². The fraction of sp³-hybridized carbons (Fsp3) is 0.429. The highest BCUT2D eigenvalue weighted by Crippen LogP contribution is 2.36. The van der Waals surface area contributed by atoms with E-state index >= 15 is 0 Å². The molecule has 0 aliphatic carbocycles. The summed E-state index contributed by atoms with van der Waals surface area (Å²) in [6, 6.07) is 16.8. The summed E-state index contributed by atoms with van der Waals surface area (Å²) in [4.78, 5) is 2.58. The molecule has 1 heterocycles. The Bertz CT molecular complexity index is 641. The molecule has 2 aromatic rings. The summed E-state index contributed by atoms with van der Waals surface area (Å²) < 4.78 is 0. The molecule has 0 N–H and O–H groups in total. The van der Waals surface area contributed by atoms with E-state index in [1.165, 1.54) is 24.0 Å². The van der Waals surface area contributed by atoms with Gasteiger partial charge in [0, 0.05) is 10.0 Å². The molecule has 128 valence electrons. The van der Waals surface area contributed by atoms with Crippen LogP contribution in [0.25, 0.3) is 0 Å². The van der Waals surface area contributed by atoms with Gasteiger partial charge in [-0.3, -0.25) is 4.90 Å². The van der Waals surface area contributed by atoms with Gasteiger partial charge in [0.25, 0.3) is 0 Å². The third-order valence-electron chi connectivity index (χ3n) is 5.20. The van der Waals surface area contributed by atoms with Crippen molar-refractivity contribution in [3.8, 4) is 0 Å². The van der Waals surface area contributed by atoms with Gasteiger partial charge in [0.15, 0.2) is 0 Å². The zero-order chi connectivity index (χ0) is 17.1. The monoisotopic (exact) mass is 361 g/mol. The van der Waals surface area contributed by atoms with Crippen molar-refractivity contribution in [2.24, 2.45) is 11.8 Å². The number of benzene rings is 2. The van der Waals surface area contributed by atoms with E-state index in [9.17, 15) is 0 Å². The van der Waals surface area contributed by atoms with Crippen LogP contribution >= 0.6 is 23.2 Å². The van der Waals surface area contributed by atoms with Crippen LogP contribution in [-0.4, -0.2) is 18.0 Å². The lowest BCUT2D eigenvalue weighted by molar-refractivity contribution is 0.130. The minimum absolute atomic E-state index is 0.218. The van der Waals surface area contributed by atoms with Crippen LogP contribution in [0.4, 0.5) is 0 Å². The third kappa shape index (κ3) is 4.14. The number of hydrogen-bond acceptors (Lipinski definition) is 1. The molecule has 1 saturated heterocycles. The summed E-state index contributed by atoms with van der Waals surface area (Å²) in [5.41, 5.74) is 2.49. The Morgan fingerprint density at radius 2 is 1.46 bits per heavy atom. The van der Waals surface area contributed by atoms with E-state index in [-0.39, 0.29) is 6.04 Å². The van der Waals surface area contributed by atoms with E-state index in [4.69, 9.17) is 23.2 Å². The van der Waals surface area contributed by atoms with Crippen LogP contribution in [0.3, 0.4) is 0 Å². The molecule has 1 aliphatic heterocycles. The van der Waals surface area contributed by atoms with Gasteiger partial charge in [-0.25, -0.2) is 0 Å². The fourth-order valence-electron chi connectivity index (χ4n) is 3.83. The zero-order valence-corrected chi connectivity index (χ0v) is 15.9. The summed E-state index contributed by atoms with van der Waals surface area (Å²) in [7, 11) is 0. The van der Waals surface area contributed by atoms with E-state index in [0.717, 1.165) is 24.9 Å². The zero-order valence-electron chi connectivity index (χ0n) is 14.4. The first-order valence-corrected chi connectivity index (χ1v) is 9.55. The fourth-order valence-corrected chi connectivity index (χ4v) is 4.37. The van der Waals surface area contributed by atoms with Gasteiger partial charge in [0.1, 0.15) is 0 Å². The molecule has 1 nitrogen and oxygen atoms in total. The van der Waals surface area contributed by atoms with Gasteiger partial charge < -0.3 is 0 Å². The normalized spacial score (nSPS) is 18.0. The minimum Gasteiger partial charge on any atom is -0.292 e. The lowest BCUT2D eigenvalue weighted by Gasteiger charge is -2.39. The highest BCUT2D eigenvalue weighted by atomic mass is 35.5. The number of hydrogen-bond donors (Lipinski definition) is 0. The number of piperidine rings is 1. The van der Waals surface area contributed by atoms with Crippen molar-refractivity contribution in [3.05, 3.63) is 69.7 Å². The average Bonchev–Trinajstić information content (AvgIpc) is 2.56. The molecule has 2 aromatic carbocycles. The molecular formula is C21H25Cl2N. The van der Waals surface area contributed by atoms with Gasteiger partial charge in [-0.15, -0.1) is 0 Å². The van der Waals surface area contributed by atoms with Gasteiger partial charge in [-0.05, 0) is 67.1 Å². The van der Waals surface area contributed by atoms with Crippen LogP contribution in [-0.2, 0) is 0 Å². The van der Waals surface area contributed by atoms with Crippen LogP contribution < -0.4 is 0 Å². The number of likely N-dealkylation sites (tertiary alicyclic amines) is 1. The molecule has 0 unspecified atom stereocenters. The first-order chi connectivity index (χ1) is 11.5. The minimum atomic E-state index is 0.218. The maximum Gasteiger partial charge on any atom is 0.0602 e. The van der Waals surface area contributed by atoms with E-state index in [2.05, 4.69) is 61.2 Å². The topological polar surface area (TPSA) is 3.24 Å². The lowest BCUT2D eigenvalue weighted by atomic mass is 9.85. The summed E-state index contributed by atoms with van der Waals surface area (Å²) in [5, 5.41) is 1.41. The maximum absolute atomic E-state index is 6.28. The highest BCUT2D eigenvalue weighted by molar-refractivity contribution is 6.34. The second-order valence-electron chi connectivity index (χ2n) is 7.13. The molecule has 3 rings (SSSR count). The molecular weight excluding hydrogens is 337 g/mol. The molecule has 0 amide bonds. The molecule has 1 aliphatic rings. The largest absolute Gasteiger partial charge is 0.292 e. The maximum atomic E-state index is 6.28. The summed E-state index contributed by atoms with van der Waals surface area (Å²) >= 11 is 12.6. The molecule has 0 bridgehead atoms. The van der Waals surface area contributed by atoms with Crippen molar-refractivity contribution in [1.29, 1.82) is 0 Å². The van der Waals surface area contributed by atoms with Crippen molar-refractivity contribution >= 4 is 23.2 Å². The van der Waals surface area contributed by atoms with E-state index < -0.39 is 0 Å². The molecule has 1 fully saturated rings. The van der Waals surface area contributed by atoms with Gasteiger partial charge in [0.05, 0.1) is 6.04 Å². The first-order valence-electron chi connectivity index (χ1n) is 8.79. The van der Waals surface area contributed by atoms with Gasteiger partial charge in [-0.1, -0.05) is 67.4 Å². The predicted octanol–water partition coefficient (Wildman–Crippen LogP) is 6.45. The third-order valence-corrected chi connectivity index (χ3v) is 5.63. The molecule has 0 spiro atoms. The number of nitrogens with zero attached hydrogens (tertiary/aromatic N) is 1. The Morgan fingerprint density at radius 3 is 2.00 bits per heavy atom. The van der Waals surface area contributed by atoms with Crippen molar-refractivity contribution in [2.45, 2.75) is 32.7 Å². The number of halogens is 2. The van der Waals surface area contributed by atoms with Gasteiger partial charge in [0.2, 0.25) is 0 Å². The van der Waals surface area contributed by atoms with Crippen molar-refractivity contribution in [3.63, 3.8) is 0 Å². The molecule has 0 aromatic heterocycles. The smallest absolute Gasteiger partial charge is 0.0602 e. The predicted molar refractivity (Wildman–Crippen MR) is 104 cm³/mol. The van der Waals surface area contributed by atoms with Crippen LogP contribution in [0.15, 0.2) is 48.5 Å².